The number of carbonyl (C=O) groups excluding carboxylic acids is 1. The number of carbonyl (C=O) groups is 1. The Kier molecular flexibility index (Phi) is 3.65. The number of rotatable bonds is 3. The highest BCUT2D eigenvalue weighted by Gasteiger charge is 2.30. The Morgan fingerprint density at radius 2 is 2.04 bits per heavy atom. The van der Waals surface area contributed by atoms with Crippen LogP contribution >= 0.6 is 0 Å². The van der Waals surface area contributed by atoms with E-state index in [0.717, 1.165) is 42.4 Å². The van der Waals surface area contributed by atoms with Gasteiger partial charge in [0, 0.05) is 43.7 Å². The van der Waals surface area contributed by atoms with Crippen LogP contribution in [0.3, 0.4) is 0 Å². The first-order chi connectivity index (χ1) is 11.7. The Morgan fingerprint density at radius 1 is 1.21 bits per heavy atom. The molecule has 4 rings (SSSR count). The second-order valence-electron chi connectivity index (χ2n) is 6.24. The van der Waals surface area contributed by atoms with E-state index in [-0.39, 0.29) is 5.91 Å². The summed E-state index contributed by atoms with van der Waals surface area (Å²) in [7, 11) is 0. The maximum Gasteiger partial charge on any atom is 0.221 e. The van der Waals surface area contributed by atoms with Crippen molar-refractivity contribution in [3.63, 3.8) is 0 Å². The predicted molar refractivity (Wildman–Crippen MR) is 93.6 cm³/mol. The molecule has 1 aromatic carbocycles. The van der Waals surface area contributed by atoms with Crippen molar-refractivity contribution in [1.29, 1.82) is 0 Å². The summed E-state index contributed by atoms with van der Waals surface area (Å²) in [4.78, 5) is 13.3. The third kappa shape index (κ3) is 2.82. The molecule has 1 saturated heterocycles. The van der Waals surface area contributed by atoms with Gasteiger partial charge in [-0.2, -0.15) is 0 Å². The fourth-order valence-corrected chi connectivity index (χ4v) is 3.24. The average Bonchev–Trinajstić information content (AvgIpc) is 3.17. The van der Waals surface area contributed by atoms with E-state index in [4.69, 9.17) is 0 Å². The van der Waals surface area contributed by atoms with E-state index in [1.54, 1.807) is 0 Å². The summed E-state index contributed by atoms with van der Waals surface area (Å²) in [6.07, 6.45) is 2.13. The van der Waals surface area contributed by atoms with Crippen LogP contribution in [0.1, 0.15) is 6.92 Å². The molecule has 0 radical (unpaired) electrons. The third-order valence-corrected chi connectivity index (χ3v) is 4.47. The van der Waals surface area contributed by atoms with Crippen molar-refractivity contribution in [2.24, 2.45) is 5.92 Å². The summed E-state index contributed by atoms with van der Waals surface area (Å²) in [5, 5.41) is 14.8. The molecule has 0 aliphatic carbocycles. The number of aromatic nitrogens is 2. The van der Waals surface area contributed by atoms with E-state index >= 15 is 0 Å². The lowest BCUT2D eigenvalue weighted by Crippen LogP contribution is -2.24. The molecule has 24 heavy (non-hydrogen) atoms. The minimum Gasteiger partial charge on any atom is -0.390 e. The normalized spacial score (nSPS) is 18.8. The average molecular weight is 321 g/mol. The van der Waals surface area contributed by atoms with Gasteiger partial charge in [-0.25, -0.2) is 0 Å². The van der Waals surface area contributed by atoms with Crippen LogP contribution in [0, 0.1) is 5.92 Å². The van der Waals surface area contributed by atoms with Gasteiger partial charge in [0.1, 0.15) is 0 Å². The largest absolute Gasteiger partial charge is 0.390 e. The Balaban J connectivity index is 1.48. The number of nitrogens with zero attached hydrogens (tertiary/aromatic N) is 3. The highest BCUT2D eigenvalue weighted by molar-refractivity contribution is 5.88. The summed E-state index contributed by atoms with van der Waals surface area (Å²) in [6, 6.07) is 11.6. The van der Waals surface area contributed by atoms with Crippen LogP contribution in [0.25, 0.3) is 11.3 Å². The van der Waals surface area contributed by atoms with Gasteiger partial charge in [-0.3, -0.25) is 4.79 Å². The number of nitrogens with one attached hydrogen (secondary N) is 2. The standard InChI is InChI=1S/C18H19N5O/c1-12(24)20-16-4-2-13(3-5-16)17-6-7-18(22-21-17)23-10-14-8-19-9-15(14)11-23/h2-8,15,19H,9-11H2,1H3,(H,20,24). The zero-order valence-corrected chi connectivity index (χ0v) is 13.5. The summed E-state index contributed by atoms with van der Waals surface area (Å²) < 4.78 is 0. The molecule has 122 valence electrons. The van der Waals surface area contributed by atoms with Gasteiger partial charge in [-0.15, -0.1) is 10.2 Å². The summed E-state index contributed by atoms with van der Waals surface area (Å²) in [5.74, 6) is 1.45. The molecule has 2 aromatic rings. The molecule has 1 amide bonds. The van der Waals surface area contributed by atoms with Gasteiger partial charge in [-0.1, -0.05) is 12.1 Å². The molecule has 1 atom stereocenters. The Hall–Kier alpha value is -2.89. The van der Waals surface area contributed by atoms with E-state index < -0.39 is 0 Å². The lowest BCUT2D eigenvalue weighted by molar-refractivity contribution is -0.114. The number of hydrogen-bond acceptors (Lipinski definition) is 5. The van der Waals surface area contributed by atoms with Crippen molar-refractivity contribution in [3.05, 3.63) is 48.2 Å². The van der Waals surface area contributed by atoms with Gasteiger partial charge >= 0.3 is 0 Å². The van der Waals surface area contributed by atoms with E-state index in [1.807, 2.05) is 36.4 Å². The number of anilines is 2. The highest BCUT2D eigenvalue weighted by atomic mass is 16.1. The van der Waals surface area contributed by atoms with Crippen LogP contribution in [0.4, 0.5) is 11.5 Å². The Labute approximate surface area is 140 Å². The molecule has 6 heteroatoms. The molecule has 6 nitrogen and oxygen atoms in total. The second-order valence-corrected chi connectivity index (χ2v) is 6.24. The van der Waals surface area contributed by atoms with Crippen LogP contribution < -0.4 is 15.5 Å². The molecule has 1 fully saturated rings. The molecule has 0 spiro atoms. The molecule has 0 bridgehead atoms. The zero-order chi connectivity index (χ0) is 16.5. The van der Waals surface area contributed by atoms with Gasteiger partial charge < -0.3 is 15.5 Å². The highest BCUT2D eigenvalue weighted by Crippen LogP contribution is 2.29. The first-order valence-corrected chi connectivity index (χ1v) is 8.08. The van der Waals surface area contributed by atoms with Crippen LogP contribution in [0.15, 0.2) is 48.2 Å². The topological polar surface area (TPSA) is 70.2 Å². The van der Waals surface area contributed by atoms with Gasteiger partial charge in [0.2, 0.25) is 5.91 Å². The lowest BCUT2D eigenvalue weighted by atomic mass is 10.1. The first-order valence-electron chi connectivity index (χ1n) is 8.08. The smallest absolute Gasteiger partial charge is 0.221 e. The number of fused-ring (bicyclic) bond motifs is 1. The van der Waals surface area contributed by atoms with E-state index in [9.17, 15) is 4.79 Å². The number of benzene rings is 1. The molecular formula is C18H19N5O. The van der Waals surface area contributed by atoms with Crippen LogP contribution in [0.5, 0.6) is 0 Å². The molecule has 2 N–H and O–H groups in total. The van der Waals surface area contributed by atoms with Crippen molar-refractivity contribution in [2.75, 3.05) is 29.9 Å². The maximum absolute atomic E-state index is 11.1. The van der Waals surface area contributed by atoms with E-state index in [1.165, 1.54) is 12.5 Å². The third-order valence-electron chi connectivity index (χ3n) is 4.47. The molecule has 3 heterocycles. The monoisotopic (exact) mass is 321 g/mol. The second kappa shape index (κ2) is 5.96. The van der Waals surface area contributed by atoms with Crippen molar-refractivity contribution in [3.8, 4) is 11.3 Å². The first kappa shape index (κ1) is 14.7. The molecule has 1 unspecified atom stereocenters. The molecule has 0 saturated carbocycles. The molecule has 2 aliphatic rings. The lowest BCUT2D eigenvalue weighted by Gasteiger charge is -2.16. The predicted octanol–water partition coefficient (Wildman–Crippen LogP) is 2.03. The SMILES string of the molecule is CC(=O)Nc1ccc(-c2ccc(N3CC4=CNCC4C3)nn2)cc1. The van der Waals surface area contributed by atoms with Gasteiger partial charge in [-0.05, 0) is 36.0 Å². The summed E-state index contributed by atoms with van der Waals surface area (Å²) in [5.41, 5.74) is 4.04. The fraction of sp³-hybridized carbons (Fsp3) is 0.278. The number of amides is 1. The molecule has 2 aliphatic heterocycles. The zero-order valence-electron chi connectivity index (χ0n) is 13.5. The van der Waals surface area contributed by atoms with Crippen molar-refractivity contribution in [1.82, 2.24) is 15.5 Å². The van der Waals surface area contributed by atoms with Crippen LogP contribution in [-0.4, -0.2) is 35.7 Å². The molecular weight excluding hydrogens is 302 g/mol. The molecule has 1 aromatic heterocycles. The van der Waals surface area contributed by atoms with Crippen molar-refractivity contribution >= 4 is 17.4 Å². The van der Waals surface area contributed by atoms with E-state index in [0.29, 0.717) is 5.92 Å². The van der Waals surface area contributed by atoms with Crippen LogP contribution in [-0.2, 0) is 4.79 Å². The maximum atomic E-state index is 11.1. The summed E-state index contributed by atoms with van der Waals surface area (Å²) >= 11 is 0. The van der Waals surface area contributed by atoms with Crippen molar-refractivity contribution < 1.29 is 4.79 Å². The minimum atomic E-state index is -0.0763. The van der Waals surface area contributed by atoms with Crippen LogP contribution in [0.2, 0.25) is 0 Å². The fourth-order valence-electron chi connectivity index (χ4n) is 3.24. The Morgan fingerprint density at radius 3 is 2.71 bits per heavy atom. The minimum absolute atomic E-state index is 0.0763. The van der Waals surface area contributed by atoms with Gasteiger partial charge in [0.25, 0.3) is 0 Å². The van der Waals surface area contributed by atoms with E-state index in [2.05, 4.69) is 31.9 Å². The number of hydrogen-bond donors (Lipinski definition) is 2. The van der Waals surface area contributed by atoms with Gasteiger partial charge in [0.15, 0.2) is 5.82 Å². The summed E-state index contributed by atoms with van der Waals surface area (Å²) in [6.45, 7) is 4.45. The Bertz CT molecular complexity index is 782. The van der Waals surface area contributed by atoms with Crippen molar-refractivity contribution in [2.45, 2.75) is 6.92 Å². The van der Waals surface area contributed by atoms with Gasteiger partial charge in [0.05, 0.1) is 5.69 Å². The quantitative estimate of drug-likeness (QED) is 0.905.